The van der Waals surface area contributed by atoms with Gasteiger partial charge in [0.1, 0.15) is 0 Å². The van der Waals surface area contributed by atoms with Crippen LogP contribution in [0.2, 0.25) is 5.02 Å². The van der Waals surface area contributed by atoms with Crippen LogP contribution >= 0.6 is 11.6 Å². The van der Waals surface area contributed by atoms with Crippen molar-refractivity contribution in [3.63, 3.8) is 0 Å². The van der Waals surface area contributed by atoms with E-state index in [1.54, 1.807) is 6.20 Å². The first-order valence-corrected chi connectivity index (χ1v) is 7.91. The van der Waals surface area contributed by atoms with Crippen LogP contribution in [0.25, 0.3) is 0 Å². The van der Waals surface area contributed by atoms with E-state index in [4.69, 9.17) is 17.4 Å². The van der Waals surface area contributed by atoms with Crippen LogP contribution < -0.4 is 11.3 Å². The molecule has 2 rings (SSSR count). The highest BCUT2D eigenvalue weighted by atomic mass is 35.5. The number of likely N-dealkylation sites (N-methyl/N-ethyl adjacent to an activating group) is 2. The van der Waals surface area contributed by atoms with Gasteiger partial charge in [-0.2, -0.15) is 5.10 Å². The standard InChI is InChI=1S/C14H27ClN6/c1-10(2)21-14(11(15)8-17-21)13(18-16)12-9-19(3)6-5-7-20(12)4/h8,10,12-13,18H,5-7,9,16H2,1-4H3. The molecule has 2 unspecified atom stereocenters. The monoisotopic (exact) mass is 314 g/mol. The molecule has 7 heteroatoms. The molecule has 1 aliphatic heterocycles. The molecule has 0 spiro atoms. The van der Waals surface area contributed by atoms with Gasteiger partial charge in [0, 0.05) is 18.6 Å². The van der Waals surface area contributed by atoms with Crippen molar-refractivity contribution in [2.45, 2.75) is 38.4 Å². The van der Waals surface area contributed by atoms with Gasteiger partial charge in [0.2, 0.25) is 0 Å². The smallest absolute Gasteiger partial charge is 0.0835 e. The second-order valence-electron chi connectivity index (χ2n) is 6.22. The van der Waals surface area contributed by atoms with Gasteiger partial charge in [-0.05, 0) is 47.5 Å². The van der Waals surface area contributed by atoms with Gasteiger partial charge in [-0.1, -0.05) is 11.6 Å². The minimum absolute atomic E-state index is 0.0482. The highest BCUT2D eigenvalue weighted by Crippen LogP contribution is 2.30. The number of hydrogen-bond donors (Lipinski definition) is 2. The first kappa shape index (κ1) is 16.7. The summed E-state index contributed by atoms with van der Waals surface area (Å²) in [6.45, 7) is 7.31. The minimum Gasteiger partial charge on any atom is -0.305 e. The summed E-state index contributed by atoms with van der Waals surface area (Å²) in [5.41, 5.74) is 3.95. The molecule has 1 aliphatic rings. The third-order valence-electron chi connectivity index (χ3n) is 4.25. The predicted molar refractivity (Wildman–Crippen MR) is 86.2 cm³/mol. The number of rotatable bonds is 4. The Balaban J connectivity index is 2.36. The lowest BCUT2D eigenvalue weighted by Crippen LogP contribution is -2.49. The van der Waals surface area contributed by atoms with E-state index >= 15 is 0 Å². The summed E-state index contributed by atoms with van der Waals surface area (Å²) in [6, 6.07) is 0.458. The van der Waals surface area contributed by atoms with Gasteiger partial charge in [0.05, 0.1) is 23.0 Å². The van der Waals surface area contributed by atoms with E-state index in [0.717, 1.165) is 31.7 Å². The summed E-state index contributed by atoms with van der Waals surface area (Å²) in [7, 11) is 4.30. The van der Waals surface area contributed by atoms with Crippen molar-refractivity contribution in [3.05, 3.63) is 16.9 Å². The zero-order valence-electron chi connectivity index (χ0n) is 13.4. The lowest BCUT2D eigenvalue weighted by molar-refractivity contribution is 0.173. The van der Waals surface area contributed by atoms with Gasteiger partial charge in [-0.25, -0.2) is 5.43 Å². The third-order valence-corrected chi connectivity index (χ3v) is 4.54. The molecule has 6 nitrogen and oxygen atoms in total. The number of hydrogen-bond acceptors (Lipinski definition) is 5. The SMILES string of the molecule is CC(C)n1ncc(Cl)c1C(NN)C1CN(C)CCCN1C. The normalized spacial score (nSPS) is 23.5. The van der Waals surface area contributed by atoms with Crippen molar-refractivity contribution in [2.24, 2.45) is 5.84 Å². The molecule has 0 aromatic carbocycles. The molecule has 1 fully saturated rings. The van der Waals surface area contributed by atoms with E-state index in [2.05, 4.69) is 48.3 Å². The van der Waals surface area contributed by atoms with Crippen LogP contribution in [0.5, 0.6) is 0 Å². The van der Waals surface area contributed by atoms with Crippen molar-refractivity contribution in [2.75, 3.05) is 33.7 Å². The lowest BCUT2D eigenvalue weighted by Gasteiger charge is -2.35. The fraction of sp³-hybridized carbons (Fsp3) is 0.786. The highest BCUT2D eigenvalue weighted by molar-refractivity contribution is 6.31. The molecular weight excluding hydrogens is 288 g/mol. The van der Waals surface area contributed by atoms with E-state index in [9.17, 15) is 0 Å². The predicted octanol–water partition coefficient (Wildman–Crippen LogP) is 1.26. The topological polar surface area (TPSA) is 62.4 Å². The van der Waals surface area contributed by atoms with Gasteiger partial charge in [0.15, 0.2) is 0 Å². The molecule has 120 valence electrons. The molecule has 2 atom stereocenters. The van der Waals surface area contributed by atoms with E-state index in [1.165, 1.54) is 0 Å². The van der Waals surface area contributed by atoms with Crippen LogP contribution in [0.3, 0.4) is 0 Å². The maximum Gasteiger partial charge on any atom is 0.0835 e. The molecule has 2 heterocycles. The second-order valence-corrected chi connectivity index (χ2v) is 6.63. The van der Waals surface area contributed by atoms with Gasteiger partial charge < -0.3 is 9.80 Å². The number of nitrogens with two attached hydrogens (primary N) is 1. The minimum atomic E-state index is -0.0482. The zero-order chi connectivity index (χ0) is 15.6. The Kier molecular flexibility index (Phi) is 5.62. The Hall–Kier alpha value is -0.660. The second kappa shape index (κ2) is 7.07. The average Bonchev–Trinajstić information content (AvgIpc) is 2.72. The number of nitrogens with one attached hydrogen (secondary N) is 1. The number of halogens is 1. The number of nitrogens with zero attached hydrogens (tertiary/aromatic N) is 4. The first-order valence-electron chi connectivity index (χ1n) is 7.53. The Morgan fingerprint density at radius 2 is 2.10 bits per heavy atom. The molecule has 1 aromatic heterocycles. The largest absolute Gasteiger partial charge is 0.305 e. The zero-order valence-corrected chi connectivity index (χ0v) is 14.1. The molecule has 0 bridgehead atoms. The van der Waals surface area contributed by atoms with Crippen LogP contribution in [0.4, 0.5) is 0 Å². The Morgan fingerprint density at radius 1 is 1.38 bits per heavy atom. The van der Waals surface area contributed by atoms with Gasteiger partial charge in [0.25, 0.3) is 0 Å². The summed E-state index contributed by atoms with van der Waals surface area (Å²) >= 11 is 6.40. The van der Waals surface area contributed by atoms with Crippen molar-refractivity contribution in [1.29, 1.82) is 0 Å². The van der Waals surface area contributed by atoms with Gasteiger partial charge in [-0.3, -0.25) is 10.5 Å². The van der Waals surface area contributed by atoms with E-state index in [0.29, 0.717) is 5.02 Å². The fourth-order valence-electron chi connectivity index (χ4n) is 3.09. The van der Waals surface area contributed by atoms with Crippen LogP contribution in [0.1, 0.15) is 38.0 Å². The number of hydrazine groups is 1. The molecule has 21 heavy (non-hydrogen) atoms. The van der Waals surface area contributed by atoms with Crippen molar-refractivity contribution >= 4 is 11.6 Å². The van der Waals surface area contributed by atoms with Crippen LogP contribution in [-0.4, -0.2) is 59.4 Å². The molecule has 0 saturated carbocycles. The molecule has 3 N–H and O–H groups in total. The molecule has 0 amide bonds. The Bertz CT molecular complexity index is 460. The fourth-order valence-corrected chi connectivity index (χ4v) is 3.34. The lowest BCUT2D eigenvalue weighted by atomic mass is 10.0. The molecular formula is C14H27ClN6. The first-order chi connectivity index (χ1) is 9.95. The van der Waals surface area contributed by atoms with E-state index < -0.39 is 0 Å². The molecule has 0 aliphatic carbocycles. The van der Waals surface area contributed by atoms with Crippen molar-refractivity contribution in [1.82, 2.24) is 25.0 Å². The summed E-state index contributed by atoms with van der Waals surface area (Å²) in [4.78, 5) is 4.71. The summed E-state index contributed by atoms with van der Waals surface area (Å²) in [6.07, 6.45) is 2.87. The Morgan fingerprint density at radius 3 is 2.71 bits per heavy atom. The molecule has 1 saturated heterocycles. The third kappa shape index (κ3) is 3.57. The summed E-state index contributed by atoms with van der Waals surface area (Å²) in [5.74, 6) is 5.90. The maximum absolute atomic E-state index is 6.40. The van der Waals surface area contributed by atoms with E-state index in [1.807, 2.05) is 4.68 Å². The van der Waals surface area contributed by atoms with Crippen molar-refractivity contribution in [3.8, 4) is 0 Å². The quantitative estimate of drug-likeness (QED) is 0.647. The van der Waals surface area contributed by atoms with Crippen LogP contribution in [0, 0.1) is 0 Å². The summed E-state index contributed by atoms with van der Waals surface area (Å²) in [5, 5.41) is 5.08. The number of aromatic nitrogens is 2. The van der Waals surface area contributed by atoms with Crippen molar-refractivity contribution < 1.29 is 0 Å². The van der Waals surface area contributed by atoms with E-state index in [-0.39, 0.29) is 18.1 Å². The summed E-state index contributed by atoms with van der Waals surface area (Å²) < 4.78 is 1.96. The molecule has 1 aromatic rings. The molecule has 0 radical (unpaired) electrons. The van der Waals surface area contributed by atoms with Crippen LogP contribution in [-0.2, 0) is 0 Å². The van der Waals surface area contributed by atoms with Gasteiger partial charge >= 0.3 is 0 Å². The maximum atomic E-state index is 6.40. The van der Waals surface area contributed by atoms with Gasteiger partial charge in [-0.15, -0.1) is 0 Å². The van der Waals surface area contributed by atoms with Crippen LogP contribution in [0.15, 0.2) is 6.20 Å². The average molecular weight is 315 g/mol. The Labute approximate surface area is 132 Å². The highest BCUT2D eigenvalue weighted by Gasteiger charge is 2.33.